The zero-order chi connectivity index (χ0) is 17.6. The lowest BCUT2D eigenvalue weighted by Gasteiger charge is -2.09. The number of aryl methyl sites for hydroxylation is 1. The first-order valence-electron chi connectivity index (χ1n) is 7.66. The summed E-state index contributed by atoms with van der Waals surface area (Å²) in [6.07, 6.45) is 3.39. The van der Waals surface area contributed by atoms with Gasteiger partial charge in [-0.05, 0) is 42.8 Å². The van der Waals surface area contributed by atoms with Crippen LogP contribution in [-0.4, -0.2) is 20.9 Å². The van der Waals surface area contributed by atoms with Crippen LogP contribution in [0.5, 0.6) is 0 Å². The average Bonchev–Trinajstić information content (AvgIpc) is 2.62. The van der Waals surface area contributed by atoms with Crippen LogP contribution in [0, 0.1) is 12.7 Å². The summed E-state index contributed by atoms with van der Waals surface area (Å²) >= 11 is 0. The molecule has 0 saturated heterocycles. The first-order chi connectivity index (χ1) is 12.1. The highest BCUT2D eigenvalue weighted by Crippen LogP contribution is 2.14. The molecule has 0 aliphatic rings. The van der Waals surface area contributed by atoms with Crippen LogP contribution in [0.25, 0.3) is 0 Å². The smallest absolute Gasteiger partial charge is 0.274 e. The molecule has 0 aliphatic heterocycles. The molecule has 0 saturated carbocycles. The van der Waals surface area contributed by atoms with Crippen LogP contribution in [0.15, 0.2) is 54.9 Å². The summed E-state index contributed by atoms with van der Waals surface area (Å²) in [6.45, 7) is 2.26. The van der Waals surface area contributed by atoms with Crippen molar-refractivity contribution < 1.29 is 9.18 Å². The van der Waals surface area contributed by atoms with E-state index in [9.17, 15) is 9.18 Å². The largest absolute Gasteiger partial charge is 0.350 e. The van der Waals surface area contributed by atoms with Gasteiger partial charge in [-0.15, -0.1) is 0 Å². The molecule has 126 valence electrons. The average molecular weight is 337 g/mol. The SMILES string of the molecule is Cc1cc(C(=O)Nc2ccccc2F)nc(NCc2ccncc2)n1. The van der Waals surface area contributed by atoms with Crippen molar-refractivity contribution in [3.63, 3.8) is 0 Å². The van der Waals surface area contributed by atoms with Crippen molar-refractivity contribution in [1.82, 2.24) is 15.0 Å². The normalized spacial score (nSPS) is 10.3. The molecule has 0 aliphatic carbocycles. The van der Waals surface area contributed by atoms with Crippen LogP contribution in [0.3, 0.4) is 0 Å². The summed E-state index contributed by atoms with van der Waals surface area (Å²) in [5.41, 5.74) is 1.91. The number of benzene rings is 1. The second-order valence-electron chi connectivity index (χ2n) is 5.36. The molecule has 0 bridgehead atoms. The Balaban J connectivity index is 1.74. The predicted molar refractivity (Wildman–Crippen MR) is 92.7 cm³/mol. The van der Waals surface area contributed by atoms with E-state index in [1.54, 1.807) is 37.5 Å². The van der Waals surface area contributed by atoms with Crippen molar-refractivity contribution in [2.24, 2.45) is 0 Å². The second kappa shape index (κ2) is 7.48. The van der Waals surface area contributed by atoms with E-state index in [2.05, 4.69) is 25.6 Å². The van der Waals surface area contributed by atoms with Gasteiger partial charge in [0.1, 0.15) is 11.5 Å². The Morgan fingerprint density at radius 2 is 1.88 bits per heavy atom. The molecular formula is C18H16FN5O. The summed E-state index contributed by atoms with van der Waals surface area (Å²) in [7, 11) is 0. The number of nitrogens with zero attached hydrogens (tertiary/aromatic N) is 3. The molecule has 2 heterocycles. The minimum Gasteiger partial charge on any atom is -0.350 e. The molecule has 2 aromatic heterocycles. The number of hydrogen-bond donors (Lipinski definition) is 2. The number of para-hydroxylation sites is 1. The number of carbonyl (C=O) groups is 1. The van der Waals surface area contributed by atoms with E-state index in [1.807, 2.05) is 12.1 Å². The Morgan fingerprint density at radius 3 is 2.64 bits per heavy atom. The molecule has 3 rings (SSSR count). The Kier molecular flexibility index (Phi) is 4.94. The highest BCUT2D eigenvalue weighted by atomic mass is 19.1. The molecular weight excluding hydrogens is 321 g/mol. The van der Waals surface area contributed by atoms with E-state index >= 15 is 0 Å². The van der Waals surface area contributed by atoms with E-state index < -0.39 is 11.7 Å². The minimum absolute atomic E-state index is 0.107. The Labute approximate surface area is 144 Å². The van der Waals surface area contributed by atoms with Crippen molar-refractivity contribution in [3.05, 3.63) is 77.6 Å². The molecule has 1 amide bonds. The van der Waals surface area contributed by atoms with Crippen molar-refractivity contribution in [1.29, 1.82) is 0 Å². The molecule has 25 heavy (non-hydrogen) atoms. The van der Waals surface area contributed by atoms with Crippen molar-refractivity contribution in [3.8, 4) is 0 Å². The van der Waals surface area contributed by atoms with Crippen LogP contribution < -0.4 is 10.6 Å². The van der Waals surface area contributed by atoms with Crippen LogP contribution in [0.4, 0.5) is 16.0 Å². The molecule has 1 aromatic carbocycles. The Hall–Kier alpha value is -3.35. The predicted octanol–water partition coefficient (Wildman–Crippen LogP) is 3.18. The molecule has 2 N–H and O–H groups in total. The number of carbonyl (C=O) groups excluding carboxylic acids is 1. The van der Waals surface area contributed by atoms with Crippen molar-refractivity contribution >= 4 is 17.5 Å². The van der Waals surface area contributed by atoms with Crippen LogP contribution >= 0.6 is 0 Å². The number of pyridine rings is 1. The van der Waals surface area contributed by atoms with Gasteiger partial charge in [0, 0.05) is 24.6 Å². The van der Waals surface area contributed by atoms with Gasteiger partial charge >= 0.3 is 0 Å². The highest BCUT2D eigenvalue weighted by molar-refractivity contribution is 6.03. The number of amides is 1. The molecule has 7 heteroatoms. The highest BCUT2D eigenvalue weighted by Gasteiger charge is 2.12. The number of nitrogens with one attached hydrogen (secondary N) is 2. The van der Waals surface area contributed by atoms with Crippen LogP contribution in [-0.2, 0) is 6.54 Å². The zero-order valence-electron chi connectivity index (χ0n) is 13.5. The fraction of sp³-hybridized carbons (Fsp3) is 0.111. The Morgan fingerprint density at radius 1 is 1.12 bits per heavy atom. The monoisotopic (exact) mass is 337 g/mol. The molecule has 0 atom stereocenters. The van der Waals surface area contributed by atoms with E-state index in [4.69, 9.17) is 0 Å². The maximum atomic E-state index is 13.7. The summed E-state index contributed by atoms with van der Waals surface area (Å²) in [5.74, 6) is -0.671. The number of anilines is 2. The third-order valence-electron chi connectivity index (χ3n) is 3.41. The zero-order valence-corrected chi connectivity index (χ0v) is 13.5. The molecule has 0 fully saturated rings. The lowest BCUT2D eigenvalue weighted by Crippen LogP contribution is -2.16. The Bertz CT molecular complexity index is 886. The third kappa shape index (κ3) is 4.35. The van der Waals surface area contributed by atoms with Gasteiger partial charge in [-0.25, -0.2) is 14.4 Å². The summed E-state index contributed by atoms with van der Waals surface area (Å²) in [4.78, 5) is 24.8. The molecule has 6 nitrogen and oxygen atoms in total. The fourth-order valence-corrected chi connectivity index (χ4v) is 2.19. The number of hydrogen-bond acceptors (Lipinski definition) is 5. The molecule has 0 unspecified atom stereocenters. The van der Waals surface area contributed by atoms with Gasteiger partial charge in [0.25, 0.3) is 5.91 Å². The van der Waals surface area contributed by atoms with Gasteiger partial charge in [-0.2, -0.15) is 0 Å². The molecule has 3 aromatic rings. The third-order valence-corrected chi connectivity index (χ3v) is 3.41. The van der Waals surface area contributed by atoms with Crippen molar-refractivity contribution in [2.45, 2.75) is 13.5 Å². The van der Waals surface area contributed by atoms with E-state index in [1.165, 1.54) is 12.1 Å². The van der Waals surface area contributed by atoms with Gasteiger partial charge in [0.2, 0.25) is 5.95 Å². The summed E-state index contributed by atoms with van der Waals surface area (Å²) in [6, 6.07) is 11.3. The standard InChI is InChI=1S/C18H16FN5O/c1-12-10-16(17(25)23-15-5-3-2-4-14(15)19)24-18(22-12)21-11-13-6-8-20-9-7-13/h2-10H,11H2,1H3,(H,23,25)(H,21,22,24). The summed E-state index contributed by atoms with van der Waals surface area (Å²) < 4.78 is 13.7. The van der Waals surface area contributed by atoms with Gasteiger partial charge in [-0.3, -0.25) is 9.78 Å². The summed E-state index contributed by atoms with van der Waals surface area (Å²) in [5, 5.41) is 5.58. The quantitative estimate of drug-likeness (QED) is 0.747. The van der Waals surface area contributed by atoms with E-state index in [-0.39, 0.29) is 11.4 Å². The van der Waals surface area contributed by atoms with Crippen molar-refractivity contribution in [2.75, 3.05) is 10.6 Å². The maximum Gasteiger partial charge on any atom is 0.274 e. The van der Waals surface area contributed by atoms with Crippen LogP contribution in [0.2, 0.25) is 0 Å². The van der Waals surface area contributed by atoms with Crippen LogP contribution in [0.1, 0.15) is 21.7 Å². The van der Waals surface area contributed by atoms with Gasteiger partial charge in [0.05, 0.1) is 5.69 Å². The number of halogens is 1. The lowest BCUT2D eigenvalue weighted by atomic mass is 10.2. The first-order valence-corrected chi connectivity index (χ1v) is 7.66. The minimum atomic E-state index is -0.502. The number of aromatic nitrogens is 3. The molecule has 0 radical (unpaired) electrons. The maximum absolute atomic E-state index is 13.7. The topological polar surface area (TPSA) is 79.8 Å². The van der Waals surface area contributed by atoms with Gasteiger partial charge in [0.15, 0.2) is 0 Å². The van der Waals surface area contributed by atoms with E-state index in [0.717, 1.165) is 5.56 Å². The first kappa shape index (κ1) is 16.5. The fourth-order valence-electron chi connectivity index (χ4n) is 2.19. The lowest BCUT2D eigenvalue weighted by molar-refractivity contribution is 0.102. The van der Waals surface area contributed by atoms with Gasteiger partial charge < -0.3 is 10.6 Å². The number of rotatable bonds is 5. The molecule has 0 spiro atoms. The second-order valence-corrected chi connectivity index (χ2v) is 5.36. The van der Waals surface area contributed by atoms with Gasteiger partial charge in [-0.1, -0.05) is 12.1 Å². The van der Waals surface area contributed by atoms with E-state index in [0.29, 0.717) is 18.2 Å².